The van der Waals surface area contributed by atoms with Crippen LogP contribution in [0.3, 0.4) is 0 Å². The van der Waals surface area contributed by atoms with E-state index < -0.39 is 12.1 Å². The zero-order valence-corrected chi connectivity index (χ0v) is 17.9. The van der Waals surface area contributed by atoms with Gasteiger partial charge in [-0.15, -0.1) is 10.2 Å². The Labute approximate surface area is 185 Å². The van der Waals surface area contributed by atoms with E-state index in [0.29, 0.717) is 30.6 Å². The van der Waals surface area contributed by atoms with Crippen LogP contribution in [0.25, 0.3) is 17.2 Å². The Morgan fingerprint density at radius 3 is 2.50 bits per heavy atom. The Bertz CT molecular complexity index is 1020. The summed E-state index contributed by atoms with van der Waals surface area (Å²) < 4.78 is 16.7. The number of nitrogens with one attached hydrogen (secondary N) is 1. The molecule has 1 aromatic heterocycles. The molecule has 0 amide bonds. The number of carbonyl (C=O) groups is 1. The summed E-state index contributed by atoms with van der Waals surface area (Å²) in [5.41, 5.74) is 4.71. The van der Waals surface area contributed by atoms with Gasteiger partial charge in [0.15, 0.2) is 11.8 Å². The minimum absolute atomic E-state index is 0.204. The van der Waals surface area contributed by atoms with Gasteiger partial charge in [-0.1, -0.05) is 30.3 Å². The first-order chi connectivity index (χ1) is 15.6. The van der Waals surface area contributed by atoms with Gasteiger partial charge in [0.2, 0.25) is 5.89 Å². The summed E-state index contributed by atoms with van der Waals surface area (Å²) >= 11 is 0. The van der Waals surface area contributed by atoms with E-state index >= 15 is 0 Å². The van der Waals surface area contributed by atoms with E-state index in [9.17, 15) is 9.90 Å². The van der Waals surface area contributed by atoms with Gasteiger partial charge in [0, 0.05) is 18.6 Å². The molecule has 32 heavy (non-hydrogen) atoms. The molecule has 0 bridgehead atoms. The van der Waals surface area contributed by atoms with Crippen molar-refractivity contribution in [3.05, 3.63) is 72.3 Å². The van der Waals surface area contributed by atoms with E-state index in [4.69, 9.17) is 18.7 Å². The van der Waals surface area contributed by atoms with Crippen molar-refractivity contribution in [3.8, 4) is 17.2 Å². The molecule has 2 N–H and O–H groups in total. The van der Waals surface area contributed by atoms with Crippen molar-refractivity contribution in [1.29, 1.82) is 0 Å². The maximum absolute atomic E-state index is 11.3. The van der Waals surface area contributed by atoms with E-state index in [-0.39, 0.29) is 12.3 Å². The Balaban J connectivity index is 1.71. The van der Waals surface area contributed by atoms with Gasteiger partial charge in [-0.2, -0.15) is 0 Å². The van der Waals surface area contributed by atoms with Crippen molar-refractivity contribution in [3.63, 3.8) is 0 Å². The second-order valence-electron chi connectivity index (χ2n) is 6.59. The highest BCUT2D eigenvalue weighted by Crippen LogP contribution is 2.21. The maximum atomic E-state index is 11.3. The van der Waals surface area contributed by atoms with Crippen LogP contribution in [0.15, 0.2) is 65.3 Å². The standard InChI is InChI=1S/C23H25N3O6/c1-3-29-20(23(27)28)14-16-10-12-18(13-11-16)30-15-19(26-31-4-2)22-25-24-21(32-22)17-8-6-5-7-9-17/h5-13,15,20,26H,3-4,14H2,1-2H3,(H,27,28). The molecule has 0 spiro atoms. The number of ether oxygens (including phenoxy) is 2. The second-order valence-corrected chi connectivity index (χ2v) is 6.59. The molecular formula is C23H25N3O6. The zero-order chi connectivity index (χ0) is 22.8. The van der Waals surface area contributed by atoms with Crippen LogP contribution in [-0.2, 0) is 20.8 Å². The number of carboxylic acid groups (broad SMARTS) is 1. The van der Waals surface area contributed by atoms with Gasteiger partial charge in [0.1, 0.15) is 12.0 Å². The number of nitrogens with zero attached hydrogens (tertiary/aromatic N) is 2. The van der Waals surface area contributed by atoms with Crippen LogP contribution < -0.4 is 10.2 Å². The van der Waals surface area contributed by atoms with Crippen LogP contribution in [0.5, 0.6) is 5.75 Å². The van der Waals surface area contributed by atoms with Crippen molar-refractivity contribution < 1.29 is 28.6 Å². The van der Waals surface area contributed by atoms with Gasteiger partial charge in [-0.3, -0.25) is 10.3 Å². The maximum Gasteiger partial charge on any atom is 0.333 e. The zero-order valence-electron chi connectivity index (χ0n) is 17.9. The molecule has 1 heterocycles. The van der Waals surface area contributed by atoms with Gasteiger partial charge < -0.3 is 19.0 Å². The summed E-state index contributed by atoms with van der Waals surface area (Å²) in [5.74, 6) is 0.123. The fraction of sp³-hybridized carbons (Fsp3) is 0.261. The summed E-state index contributed by atoms with van der Waals surface area (Å²) in [6, 6.07) is 16.5. The Morgan fingerprint density at radius 1 is 1.09 bits per heavy atom. The molecule has 3 aromatic rings. The first kappa shape index (κ1) is 23.0. The van der Waals surface area contributed by atoms with Crippen LogP contribution in [0.4, 0.5) is 0 Å². The van der Waals surface area contributed by atoms with Gasteiger partial charge >= 0.3 is 5.97 Å². The topological polar surface area (TPSA) is 116 Å². The van der Waals surface area contributed by atoms with Crippen molar-refractivity contribution >= 4 is 11.7 Å². The third kappa shape index (κ3) is 6.40. The normalized spacial score (nSPS) is 12.4. The smallest absolute Gasteiger partial charge is 0.333 e. The molecule has 0 fully saturated rings. The molecule has 1 unspecified atom stereocenters. The number of hydroxylamine groups is 1. The summed E-state index contributed by atoms with van der Waals surface area (Å²) in [7, 11) is 0. The summed E-state index contributed by atoms with van der Waals surface area (Å²) in [6.07, 6.45) is 0.790. The number of rotatable bonds is 12. The molecule has 0 saturated carbocycles. The Kier molecular flexibility index (Phi) is 8.36. The van der Waals surface area contributed by atoms with Crippen LogP contribution in [0.1, 0.15) is 25.3 Å². The molecule has 0 aliphatic heterocycles. The fourth-order valence-corrected chi connectivity index (χ4v) is 2.76. The number of carboxylic acids is 1. The van der Waals surface area contributed by atoms with Crippen molar-refractivity contribution in [2.24, 2.45) is 0 Å². The van der Waals surface area contributed by atoms with Gasteiger partial charge in [-0.25, -0.2) is 4.79 Å². The third-order valence-corrected chi connectivity index (χ3v) is 4.30. The minimum atomic E-state index is -0.990. The fourth-order valence-electron chi connectivity index (χ4n) is 2.76. The van der Waals surface area contributed by atoms with Crippen LogP contribution in [-0.4, -0.2) is 40.6 Å². The highest BCUT2D eigenvalue weighted by atomic mass is 16.6. The van der Waals surface area contributed by atoms with E-state index in [1.807, 2.05) is 37.3 Å². The Hall–Kier alpha value is -3.69. The lowest BCUT2D eigenvalue weighted by molar-refractivity contribution is -0.149. The van der Waals surface area contributed by atoms with E-state index in [1.54, 1.807) is 31.2 Å². The average molecular weight is 439 g/mol. The molecule has 0 aliphatic carbocycles. The van der Waals surface area contributed by atoms with E-state index in [2.05, 4.69) is 15.7 Å². The Morgan fingerprint density at radius 2 is 1.84 bits per heavy atom. The van der Waals surface area contributed by atoms with Crippen LogP contribution in [0, 0.1) is 0 Å². The van der Waals surface area contributed by atoms with Crippen molar-refractivity contribution in [2.75, 3.05) is 13.2 Å². The largest absolute Gasteiger partial charge is 0.479 e. The molecule has 2 aromatic carbocycles. The quantitative estimate of drug-likeness (QED) is 0.322. The first-order valence-electron chi connectivity index (χ1n) is 10.2. The molecule has 1 atom stereocenters. The SMILES string of the molecule is CCONC(=COc1ccc(CC(OCC)C(=O)O)cc1)c1nnc(-c2ccccc2)o1. The molecule has 0 radical (unpaired) electrons. The lowest BCUT2D eigenvalue weighted by Crippen LogP contribution is -2.26. The van der Waals surface area contributed by atoms with Gasteiger partial charge in [0.25, 0.3) is 5.89 Å². The van der Waals surface area contributed by atoms with E-state index in [1.165, 1.54) is 6.26 Å². The monoisotopic (exact) mass is 439 g/mol. The van der Waals surface area contributed by atoms with Crippen LogP contribution in [0.2, 0.25) is 0 Å². The van der Waals surface area contributed by atoms with Crippen molar-refractivity contribution in [1.82, 2.24) is 15.7 Å². The number of benzene rings is 2. The number of hydrogen-bond acceptors (Lipinski definition) is 8. The number of hydrogen-bond donors (Lipinski definition) is 2. The number of aliphatic carboxylic acids is 1. The van der Waals surface area contributed by atoms with Crippen molar-refractivity contribution in [2.45, 2.75) is 26.4 Å². The van der Waals surface area contributed by atoms with Crippen LogP contribution >= 0.6 is 0 Å². The minimum Gasteiger partial charge on any atom is -0.479 e. The molecule has 9 heteroatoms. The second kappa shape index (κ2) is 11.6. The predicted molar refractivity (Wildman–Crippen MR) is 116 cm³/mol. The highest BCUT2D eigenvalue weighted by molar-refractivity contribution is 5.72. The molecule has 168 valence electrons. The van der Waals surface area contributed by atoms with Gasteiger partial charge in [-0.05, 0) is 43.7 Å². The molecule has 3 rings (SSSR count). The predicted octanol–water partition coefficient (Wildman–Crippen LogP) is 3.69. The summed E-state index contributed by atoms with van der Waals surface area (Å²) in [4.78, 5) is 16.5. The molecule has 9 nitrogen and oxygen atoms in total. The lowest BCUT2D eigenvalue weighted by Gasteiger charge is -2.12. The first-order valence-corrected chi connectivity index (χ1v) is 10.2. The average Bonchev–Trinajstić information content (AvgIpc) is 3.30. The molecule has 0 saturated heterocycles. The van der Waals surface area contributed by atoms with E-state index in [0.717, 1.165) is 11.1 Å². The summed E-state index contributed by atoms with van der Waals surface area (Å²) in [5, 5.41) is 17.4. The third-order valence-electron chi connectivity index (χ3n) is 4.30. The summed E-state index contributed by atoms with van der Waals surface area (Å²) in [6.45, 7) is 4.34. The molecular weight excluding hydrogens is 414 g/mol. The highest BCUT2D eigenvalue weighted by Gasteiger charge is 2.18. The lowest BCUT2D eigenvalue weighted by atomic mass is 10.1. The van der Waals surface area contributed by atoms with Gasteiger partial charge in [0.05, 0.1) is 6.61 Å². The molecule has 0 aliphatic rings. The number of aromatic nitrogens is 2.